The van der Waals surface area contributed by atoms with Crippen LogP contribution in [0.3, 0.4) is 0 Å². The van der Waals surface area contributed by atoms with E-state index in [4.69, 9.17) is 42.3 Å². The first-order chi connectivity index (χ1) is 19.4. The molecular formula is C28H33N5O8. The predicted molar refractivity (Wildman–Crippen MR) is 147 cm³/mol. The van der Waals surface area contributed by atoms with Gasteiger partial charge in [-0.2, -0.15) is 9.61 Å². The van der Waals surface area contributed by atoms with Crippen LogP contribution in [0.4, 0.5) is 5.82 Å². The van der Waals surface area contributed by atoms with E-state index in [-0.39, 0.29) is 6.61 Å². The van der Waals surface area contributed by atoms with Crippen LogP contribution in [0.1, 0.15) is 48.6 Å². The second-order valence-electron chi connectivity index (χ2n) is 9.81. The van der Waals surface area contributed by atoms with Gasteiger partial charge in [-0.3, -0.25) is 14.5 Å². The first kappa shape index (κ1) is 30.9. The van der Waals surface area contributed by atoms with Gasteiger partial charge in [0.1, 0.15) is 18.2 Å². The number of nitrogens with zero attached hydrogens (tertiary/aromatic N) is 4. The molecule has 1 aliphatic rings. The van der Waals surface area contributed by atoms with Crippen molar-refractivity contribution in [3.05, 3.63) is 53.3 Å². The Morgan fingerprint density at radius 3 is 2.49 bits per heavy atom. The van der Waals surface area contributed by atoms with Crippen molar-refractivity contribution in [3.8, 4) is 18.1 Å². The van der Waals surface area contributed by atoms with Gasteiger partial charge >= 0.3 is 17.9 Å². The summed E-state index contributed by atoms with van der Waals surface area (Å²) in [7, 11) is 0. The van der Waals surface area contributed by atoms with Gasteiger partial charge < -0.3 is 30.9 Å². The molecule has 3 aromatic rings. The number of carboxylic acids is 3. The highest BCUT2D eigenvalue weighted by Crippen LogP contribution is 2.29. The summed E-state index contributed by atoms with van der Waals surface area (Å²) >= 11 is 0. The molecule has 0 aliphatic carbocycles. The number of carbonyl (C=O) groups is 3. The highest BCUT2D eigenvalue weighted by molar-refractivity contribution is 5.88. The van der Waals surface area contributed by atoms with Gasteiger partial charge in [0.2, 0.25) is 0 Å². The Bertz CT molecular complexity index is 1430. The first-order valence-corrected chi connectivity index (χ1v) is 12.8. The van der Waals surface area contributed by atoms with Crippen molar-refractivity contribution in [1.29, 1.82) is 0 Å². The third kappa shape index (κ3) is 8.41. The molecule has 1 aromatic carbocycles. The fourth-order valence-corrected chi connectivity index (χ4v) is 4.63. The molecule has 1 fully saturated rings. The Kier molecular flexibility index (Phi) is 10.2. The largest absolute Gasteiger partial charge is 0.481 e. The van der Waals surface area contributed by atoms with Gasteiger partial charge in [-0.05, 0) is 32.4 Å². The van der Waals surface area contributed by atoms with Crippen LogP contribution in [0.25, 0.3) is 5.65 Å². The first-order valence-electron chi connectivity index (χ1n) is 12.8. The van der Waals surface area contributed by atoms with Crippen molar-refractivity contribution in [3.63, 3.8) is 0 Å². The van der Waals surface area contributed by atoms with Crippen LogP contribution < -0.4 is 10.5 Å². The summed E-state index contributed by atoms with van der Waals surface area (Å²) < 4.78 is 7.41. The molecule has 13 heteroatoms. The Morgan fingerprint density at radius 2 is 1.85 bits per heavy atom. The van der Waals surface area contributed by atoms with E-state index in [2.05, 4.69) is 22.0 Å². The summed E-state index contributed by atoms with van der Waals surface area (Å²) in [6, 6.07) is 12.0. The van der Waals surface area contributed by atoms with Gasteiger partial charge in [0.15, 0.2) is 11.2 Å². The highest BCUT2D eigenvalue weighted by Gasteiger charge is 2.40. The number of ether oxygens (including phenoxy) is 1. The van der Waals surface area contributed by atoms with Crippen LogP contribution in [-0.2, 0) is 20.9 Å². The summed E-state index contributed by atoms with van der Waals surface area (Å²) in [4.78, 5) is 37.8. The van der Waals surface area contributed by atoms with Gasteiger partial charge in [-0.1, -0.05) is 24.1 Å². The number of nitrogen functional groups attached to an aromatic ring is 1. The van der Waals surface area contributed by atoms with E-state index in [1.807, 2.05) is 37.3 Å². The summed E-state index contributed by atoms with van der Waals surface area (Å²) in [5, 5.41) is 38.2. The molecule has 0 radical (unpaired) electrons. The zero-order valence-corrected chi connectivity index (χ0v) is 22.6. The molecule has 0 spiro atoms. The molecule has 218 valence electrons. The highest BCUT2D eigenvalue weighted by atomic mass is 16.5. The van der Waals surface area contributed by atoms with Gasteiger partial charge in [0.05, 0.1) is 24.2 Å². The molecule has 1 unspecified atom stereocenters. The van der Waals surface area contributed by atoms with Crippen LogP contribution >= 0.6 is 0 Å². The number of aromatic nitrogens is 3. The predicted octanol–water partition coefficient (Wildman–Crippen LogP) is 1.76. The molecule has 6 N–H and O–H groups in total. The van der Waals surface area contributed by atoms with Crippen molar-refractivity contribution >= 4 is 29.4 Å². The number of aliphatic carboxylic acids is 3. The monoisotopic (exact) mass is 567 g/mol. The molecule has 1 saturated heterocycles. The molecule has 41 heavy (non-hydrogen) atoms. The fraction of sp³-hybridized carbons (Fsp3) is 0.393. The van der Waals surface area contributed by atoms with Crippen molar-refractivity contribution in [2.75, 3.05) is 25.4 Å². The zero-order chi connectivity index (χ0) is 30.2. The number of para-hydroxylation sites is 1. The van der Waals surface area contributed by atoms with Crippen molar-refractivity contribution < 1.29 is 39.5 Å². The molecule has 0 saturated carbocycles. The lowest BCUT2D eigenvalue weighted by Crippen LogP contribution is -2.42. The Labute approximate surface area is 236 Å². The number of carboxylic acid groups (broad SMARTS) is 3. The second kappa shape index (κ2) is 13.6. The van der Waals surface area contributed by atoms with Gasteiger partial charge in [-0.25, -0.2) is 9.78 Å². The van der Waals surface area contributed by atoms with Crippen LogP contribution in [-0.4, -0.2) is 83.1 Å². The summed E-state index contributed by atoms with van der Waals surface area (Å²) in [5.41, 5.74) is 7.42. The molecule has 3 heterocycles. The molecule has 1 aliphatic heterocycles. The van der Waals surface area contributed by atoms with E-state index in [0.717, 1.165) is 60.8 Å². The number of anilines is 1. The van der Waals surface area contributed by atoms with Crippen LogP contribution in [0.5, 0.6) is 5.75 Å². The minimum atomic E-state index is -2.74. The minimum Gasteiger partial charge on any atom is -0.481 e. The molecule has 0 bridgehead atoms. The molecule has 4 rings (SSSR count). The summed E-state index contributed by atoms with van der Waals surface area (Å²) in [6.45, 7) is 5.08. The van der Waals surface area contributed by atoms with Crippen LogP contribution in [0.15, 0.2) is 36.4 Å². The number of aryl methyl sites for hydroxylation is 1. The number of rotatable bonds is 10. The topological polar surface area (TPSA) is 201 Å². The maximum atomic E-state index is 10.3. The number of hydrogen-bond acceptors (Lipinski definition) is 9. The molecular weight excluding hydrogens is 534 g/mol. The van der Waals surface area contributed by atoms with Gasteiger partial charge in [0.25, 0.3) is 0 Å². The van der Waals surface area contributed by atoms with E-state index in [9.17, 15) is 14.4 Å². The quantitative estimate of drug-likeness (QED) is 0.223. The maximum absolute atomic E-state index is 10.3. The number of benzene rings is 1. The van der Waals surface area contributed by atoms with Crippen LogP contribution in [0, 0.1) is 19.3 Å². The smallest absolute Gasteiger partial charge is 0.336 e. The van der Waals surface area contributed by atoms with Gasteiger partial charge in [0, 0.05) is 36.7 Å². The number of terminal acetylenes is 1. The lowest BCUT2D eigenvalue weighted by molar-refractivity contribution is -0.170. The van der Waals surface area contributed by atoms with E-state index in [1.54, 1.807) is 4.52 Å². The third-order valence-electron chi connectivity index (χ3n) is 6.48. The van der Waals surface area contributed by atoms with Crippen molar-refractivity contribution in [2.24, 2.45) is 0 Å². The van der Waals surface area contributed by atoms with E-state index in [1.165, 1.54) is 0 Å². The Morgan fingerprint density at radius 1 is 1.17 bits per heavy atom. The number of piperidine rings is 1. The van der Waals surface area contributed by atoms with Crippen molar-refractivity contribution in [1.82, 2.24) is 19.5 Å². The lowest BCUT2D eigenvalue weighted by atomic mass is 9.94. The van der Waals surface area contributed by atoms with Crippen LogP contribution in [0.2, 0.25) is 0 Å². The molecule has 2 aromatic heterocycles. The average Bonchev–Trinajstić information content (AvgIpc) is 3.28. The molecule has 13 nitrogen and oxygen atoms in total. The summed E-state index contributed by atoms with van der Waals surface area (Å²) in [6.07, 6.45) is 5.29. The number of nitrogens with two attached hydrogens (primary N) is 1. The Balaban J connectivity index is 0.000000302. The number of hydrogen-bond donors (Lipinski definition) is 5. The normalized spacial score (nSPS) is 15.4. The molecule has 1 atom stereocenters. The second-order valence-corrected chi connectivity index (χ2v) is 9.81. The van der Waals surface area contributed by atoms with E-state index in [0.29, 0.717) is 11.7 Å². The minimum absolute atomic E-state index is 0.285. The Hall–Kier alpha value is -4.67. The maximum Gasteiger partial charge on any atom is 0.336 e. The van der Waals surface area contributed by atoms with E-state index < -0.39 is 36.4 Å². The number of likely N-dealkylation sites (tertiary alicyclic amines) is 1. The van der Waals surface area contributed by atoms with E-state index >= 15 is 0 Å². The average molecular weight is 568 g/mol. The van der Waals surface area contributed by atoms with Gasteiger partial charge in [-0.15, -0.1) is 6.42 Å². The van der Waals surface area contributed by atoms with Crippen molar-refractivity contribution in [2.45, 2.75) is 50.7 Å². The zero-order valence-electron chi connectivity index (χ0n) is 22.6. The molecule has 0 amide bonds. The fourth-order valence-electron chi connectivity index (χ4n) is 4.63. The standard InChI is InChI=1S/C22H25N5O.C6H8O7/c1-3-11-28-20-9-5-4-7-18(20)15-26-10-6-8-17(14-26)19-13-21(23)27-22(24-19)12-16(2)25-27;7-3(8)1-6(13,5(11)12)2-4(9)10/h1,4-5,7,9,12-13,17H,6,8,10-11,14-15,23H2,2H3;13H,1-2H2,(H,7,8)(H,9,10)(H,11,12). The number of aliphatic hydroxyl groups is 1. The SMILES string of the molecule is C#CCOc1ccccc1CN1CCCC(c2cc(N)n3nc(C)cc3n2)C1.O=C(O)CC(O)(CC(=O)O)C(=O)O. The summed E-state index contributed by atoms with van der Waals surface area (Å²) in [5.74, 6) is -0.629. The number of fused-ring (bicyclic) bond motifs is 1. The third-order valence-corrected chi connectivity index (χ3v) is 6.48. The lowest BCUT2D eigenvalue weighted by Gasteiger charge is -2.33.